The second-order valence-corrected chi connectivity index (χ2v) is 10.9. The lowest BCUT2D eigenvalue weighted by molar-refractivity contribution is 0.415. The Labute approximate surface area is 282 Å². The van der Waals surface area contributed by atoms with E-state index >= 15 is 0 Å². The molecule has 48 heavy (non-hydrogen) atoms. The topological polar surface area (TPSA) is 52.9 Å². The molecular formula is C41H37N5O2. The number of anilines is 6. The molecule has 0 aromatic heterocycles. The molecule has 0 saturated carbocycles. The van der Waals surface area contributed by atoms with E-state index in [2.05, 4.69) is 70.7 Å². The van der Waals surface area contributed by atoms with Gasteiger partial charge in [0.1, 0.15) is 11.5 Å². The average Bonchev–Trinajstić information content (AvgIpc) is 3.16. The van der Waals surface area contributed by atoms with Gasteiger partial charge in [0.25, 0.3) is 0 Å². The Kier molecular flexibility index (Phi) is 10.1. The molecule has 0 amide bonds. The van der Waals surface area contributed by atoms with Crippen LogP contribution >= 0.6 is 0 Å². The number of para-hydroxylation sites is 2. The average molecular weight is 632 g/mol. The fourth-order valence-corrected chi connectivity index (χ4v) is 5.16. The van der Waals surface area contributed by atoms with Crippen LogP contribution in [-0.2, 0) is 0 Å². The summed E-state index contributed by atoms with van der Waals surface area (Å²) in [6.07, 6.45) is 3.74. The second-order valence-electron chi connectivity index (χ2n) is 10.9. The van der Waals surface area contributed by atoms with E-state index < -0.39 is 0 Å². The number of ether oxygens (including phenoxy) is 2. The van der Waals surface area contributed by atoms with Crippen molar-refractivity contribution in [1.82, 2.24) is 0 Å². The first kappa shape index (κ1) is 31.6. The third-order valence-corrected chi connectivity index (χ3v) is 7.78. The monoisotopic (exact) mass is 631 g/mol. The molecular weight excluding hydrogens is 594 g/mol. The first-order valence-corrected chi connectivity index (χ1v) is 15.6. The summed E-state index contributed by atoms with van der Waals surface area (Å²) in [5, 5.41) is 13.3. The summed E-state index contributed by atoms with van der Waals surface area (Å²) in [5.41, 5.74) is 7.92. The highest BCUT2D eigenvalue weighted by Gasteiger charge is 2.13. The molecule has 7 nitrogen and oxygen atoms in total. The van der Waals surface area contributed by atoms with Crippen LogP contribution in [0.1, 0.15) is 11.1 Å². The first-order valence-electron chi connectivity index (χ1n) is 15.6. The maximum Gasteiger partial charge on any atom is 0.119 e. The molecule has 6 rings (SSSR count). The van der Waals surface area contributed by atoms with Crippen molar-refractivity contribution in [2.24, 2.45) is 10.2 Å². The summed E-state index contributed by atoms with van der Waals surface area (Å²) in [7, 11) is 5.28. The van der Waals surface area contributed by atoms with Gasteiger partial charge < -0.3 is 14.4 Å². The van der Waals surface area contributed by atoms with Crippen molar-refractivity contribution >= 4 is 46.6 Å². The van der Waals surface area contributed by atoms with Crippen LogP contribution < -0.4 is 24.4 Å². The first-order chi connectivity index (χ1) is 23.6. The minimum absolute atomic E-state index is 0.807. The molecule has 238 valence electrons. The van der Waals surface area contributed by atoms with Gasteiger partial charge in [-0.1, -0.05) is 60.7 Å². The lowest BCUT2D eigenvalue weighted by atomic mass is 10.1. The van der Waals surface area contributed by atoms with E-state index in [1.807, 2.05) is 127 Å². The van der Waals surface area contributed by atoms with E-state index in [-0.39, 0.29) is 0 Å². The highest BCUT2D eigenvalue weighted by molar-refractivity contribution is 5.85. The van der Waals surface area contributed by atoms with Crippen LogP contribution in [0.25, 0.3) is 0 Å². The predicted octanol–water partition coefficient (Wildman–Crippen LogP) is 9.82. The Bertz CT molecular complexity index is 1880. The highest BCUT2D eigenvalue weighted by atomic mass is 16.5. The lowest BCUT2D eigenvalue weighted by Gasteiger charge is -2.26. The van der Waals surface area contributed by atoms with Gasteiger partial charge in [-0.05, 0) is 108 Å². The van der Waals surface area contributed by atoms with Crippen molar-refractivity contribution in [2.75, 3.05) is 36.2 Å². The molecule has 6 aromatic rings. The van der Waals surface area contributed by atoms with Crippen LogP contribution in [0, 0.1) is 0 Å². The minimum atomic E-state index is 0.807. The minimum Gasteiger partial charge on any atom is -0.497 e. The molecule has 0 aliphatic carbocycles. The molecule has 0 saturated heterocycles. The Morgan fingerprint density at radius 1 is 0.417 bits per heavy atom. The Hall–Kier alpha value is -6.34. The third kappa shape index (κ3) is 7.71. The number of hydrogen-bond acceptors (Lipinski definition) is 7. The molecule has 0 N–H and O–H groups in total. The van der Waals surface area contributed by atoms with Crippen LogP contribution in [-0.4, -0.2) is 33.7 Å². The summed E-state index contributed by atoms with van der Waals surface area (Å²) in [4.78, 5) is 2.19. The Morgan fingerprint density at radius 2 is 0.792 bits per heavy atom. The summed E-state index contributed by atoms with van der Waals surface area (Å²) < 4.78 is 10.8. The van der Waals surface area contributed by atoms with Crippen LogP contribution in [0.15, 0.2) is 168 Å². The van der Waals surface area contributed by atoms with Crippen LogP contribution in [0.2, 0.25) is 0 Å². The summed E-state index contributed by atoms with van der Waals surface area (Å²) in [6.45, 7) is 0. The van der Waals surface area contributed by atoms with Gasteiger partial charge in [0, 0.05) is 24.1 Å². The maximum atomic E-state index is 5.40. The molecule has 0 spiro atoms. The van der Waals surface area contributed by atoms with E-state index in [4.69, 9.17) is 14.6 Å². The van der Waals surface area contributed by atoms with Gasteiger partial charge in [-0.2, -0.15) is 10.2 Å². The van der Waals surface area contributed by atoms with Gasteiger partial charge in [-0.3, -0.25) is 5.01 Å². The molecule has 0 heterocycles. The molecule has 7 heteroatoms. The van der Waals surface area contributed by atoms with E-state index in [0.717, 1.165) is 56.8 Å². The SMILES string of the molecule is COc1ccc(N(c2ccc(/C=N/N(c3ccccc3)c3ccc(/C=N/N(C)c4ccccc4)cc3)cc2)c2ccc(OC)cc2)cc1. The molecule has 0 aliphatic heterocycles. The number of hydrogen-bond donors (Lipinski definition) is 0. The number of hydrazone groups is 2. The Balaban J connectivity index is 1.24. The molecule has 0 unspecified atom stereocenters. The van der Waals surface area contributed by atoms with Crippen molar-refractivity contribution < 1.29 is 9.47 Å². The third-order valence-electron chi connectivity index (χ3n) is 7.78. The lowest BCUT2D eigenvalue weighted by Crippen LogP contribution is -2.11. The van der Waals surface area contributed by atoms with Crippen LogP contribution in [0.5, 0.6) is 11.5 Å². The van der Waals surface area contributed by atoms with Crippen molar-refractivity contribution in [3.05, 3.63) is 169 Å². The fraction of sp³-hybridized carbons (Fsp3) is 0.0732. The molecule has 0 radical (unpaired) electrons. The standard InChI is InChI=1S/C41H37N5O2/c1-44(34-10-6-4-7-11-34)42-30-32-16-20-39(21-17-32)46(38-12-8-5-9-13-38)43-31-33-14-18-35(19-15-33)45(36-22-26-40(47-2)27-23-36)37-24-28-41(48-3)29-25-37/h4-31H,1-3H3/b42-30+,43-31+. The van der Waals surface area contributed by atoms with Gasteiger partial charge in [-0.15, -0.1) is 0 Å². The zero-order valence-electron chi connectivity index (χ0n) is 27.2. The van der Waals surface area contributed by atoms with Crippen molar-refractivity contribution in [2.45, 2.75) is 0 Å². The van der Waals surface area contributed by atoms with E-state index in [9.17, 15) is 0 Å². The molecule has 0 atom stereocenters. The largest absolute Gasteiger partial charge is 0.497 e. The molecule has 0 bridgehead atoms. The summed E-state index contributed by atoms with van der Waals surface area (Å²) >= 11 is 0. The predicted molar refractivity (Wildman–Crippen MR) is 199 cm³/mol. The van der Waals surface area contributed by atoms with E-state index in [0.29, 0.717) is 0 Å². The van der Waals surface area contributed by atoms with Crippen molar-refractivity contribution in [3.8, 4) is 11.5 Å². The number of nitrogens with zero attached hydrogens (tertiary/aromatic N) is 5. The number of benzene rings is 6. The number of rotatable bonds is 12. The second kappa shape index (κ2) is 15.3. The van der Waals surface area contributed by atoms with Crippen LogP contribution in [0.4, 0.5) is 34.1 Å². The maximum absolute atomic E-state index is 5.40. The van der Waals surface area contributed by atoms with Gasteiger partial charge in [0.2, 0.25) is 0 Å². The molecule has 0 aliphatic rings. The Morgan fingerprint density at radius 3 is 1.25 bits per heavy atom. The summed E-state index contributed by atoms with van der Waals surface area (Å²) in [6, 6.07) is 52.8. The number of methoxy groups -OCH3 is 2. The highest BCUT2D eigenvalue weighted by Crippen LogP contribution is 2.36. The molecule has 0 fully saturated rings. The van der Waals surface area contributed by atoms with Crippen molar-refractivity contribution in [3.63, 3.8) is 0 Å². The zero-order valence-corrected chi connectivity index (χ0v) is 27.2. The molecule has 6 aromatic carbocycles. The zero-order chi connectivity index (χ0) is 33.1. The quantitative estimate of drug-likeness (QED) is 0.0994. The van der Waals surface area contributed by atoms with Gasteiger partial charge in [0.05, 0.1) is 43.7 Å². The van der Waals surface area contributed by atoms with E-state index in [1.165, 1.54) is 0 Å². The van der Waals surface area contributed by atoms with Crippen LogP contribution in [0.3, 0.4) is 0 Å². The van der Waals surface area contributed by atoms with Gasteiger partial charge >= 0.3 is 0 Å². The van der Waals surface area contributed by atoms with Gasteiger partial charge in [0.15, 0.2) is 0 Å². The normalized spacial score (nSPS) is 11.1. The van der Waals surface area contributed by atoms with E-state index in [1.54, 1.807) is 14.2 Å². The summed E-state index contributed by atoms with van der Waals surface area (Å²) in [5.74, 6) is 1.61. The smallest absolute Gasteiger partial charge is 0.119 e. The fourth-order valence-electron chi connectivity index (χ4n) is 5.16. The van der Waals surface area contributed by atoms with Gasteiger partial charge in [-0.25, -0.2) is 5.01 Å². The van der Waals surface area contributed by atoms with Crippen molar-refractivity contribution in [1.29, 1.82) is 0 Å².